The Labute approximate surface area is 137 Å². The van der Waals surface area contributed by atoms with E-state index in [9.17, 15) is 14.7 Å². The van der Waals surface area contributed by atoms with Gasteiger partial charge in [0.05, 0.1) is 13.2 Å². The first-order valence-electron chi connectivity index (χ1n) is 7.41. The van der Waals surface area contributed by atoms with E-state index in [4.69, 9.17) is 9.84 Å². The van der Waals surface area contributed by atoms with E-state index < -0.39 is 24.1 Å². The van der Waals surface area contributed by atoms with Crippen LogP contribution in [0.25, 0.3) is 0 Å². The van der Waals surface area contributed by atoms with Crippen LogP contribution < -0.4 is 11.0 Å². The maximum Gasteiger partial charge on any atom is 0.351 e. The first kappa shape index (κ1) is 16.3. The third-order valence-corrected chi connectivity index (χ3v) is 3.81. The molecule has 24 heavy (non-hydrogen) atoms. The van der Waals surface area contributed by atoms with E-state index in [1.165, 1.54) is 16.8 Å². The molecule has 0 bridgehead atoms. The van der Waals surface area contributed by atoms with E-state index in [1.54, 1.807) is 30.3 Å². The number of aromatic nitrogens is 2. The molecule has 0 aliphatic carbocycles. The maximum atomic E-state index is 12.1. The van der Waals surface area contributed by atoms with Crippen LogP contribution in [0.5, 0.6) is 0 Å². The normalized spacial score (nSPS) is 23.2. The van der Waals surface area contributed by atoms with Crippen molar-refractivity contribution < 1.29 is 19.7 Å². The molecule has 8 nitrogen and oxygen atoms in total. The van der Waals surface area contributed by atoms with E-state index in [0.29, 0.717) is 5.56 Å². The number of nitrogens with one attached hydrogen (secondary N) is 1. The number of hydrogen-bond donors (Lipinski definition) is 3. The highest BCUT2D eigenvalue weighted by atomic mass is 16.5. The van der Waals surface area contributed by atoms with Gasteiger partial charge >= 0.3 is 5.69 Å². The first-order valence-corrected chi connectivity index (χ1v) is 7.41. The lowest BCUT2D eigenvalue weighted by atomic mass is 10.0. The SMILES string of the molecule is O=C(Nc1ccn([C@H]2C[C@](O)(CO)CO2)c(=O)n1)c1ccccc1. The molecule has 2 atom stereocenters. The Kier molecular flexibility index (Phi) is 4.43. The second kappa shape index (κ2) is 6.52. The summed E-state index contributed by atoms with van der Waals surface area (Å²) in [6.45, 7) is -0.510. The van der Waals surface area contributed by atoms with Crippen molar-refractivity contribution in [2.75, 3.05) is 18.5 Å². The van der Waals surface area contributed by atoms with Gasteiger partial charge < -0.3 is 20.3 Å². The summed E-state index contributed by atoms with van der Waals surface area (Å²) in [5, 5.41) is 21.6. The van der Waals surface area contributed by atoms with Crippen molar-refractivity contribution in [1.82, 2.24) is 9.55 Å². The van der Waals surface area contributed by atoms with Crippen LogP contribution in [-0.2, 0) is 4.74 Å². The van der Waals surface area contributed by atoms with Crippen LogP contribution in [0.2, 0.25) is 0 Å². The Morgan fingerprint density at radius 1 is 1.38 bits per heavy atom. The van der Waals surface area contributed by atoms with E-state index in [2.05, 4.69) is 10.3 Å². The van der Waals surface area contributed by atoms with Gasteiger partial charge in [0.2, 0.25) is 0 Å². The average Bonchev–Trinajstić information content (AvgIpc) is 2.98. The van der Waals surface area contributed by atoms with E-state index >= 15 is 0 Å². The molecule has 3 rings (SSSR count). The number of anilines is 1. The van der Waals surface area contributed by atoms with Crippen LogP contribution in [0.4, 0.5) is 5.82 Å². The average molecular weight is 331 g/mol. The predicted octanol–water partition coefficient (Wildman–Crippen LogP) is 0.138. The number of ether oxygens (including phenoxy) is 1. The summed E-state index contributed by atoms with van der Waals surface area (Å²) in [5.41, 5.74) is -1.52. The fraction of sp³-hybridized carbons (Fsp3) is 0.312. The van der Waals surface area contributed by atoms with Gasteiger partial charge in [-0.05, 0) is 18.2 Å². The molecule has 1 aromatic heterocycles. The second-order valence-electron chi connectivity index (χ2n) is 5.68. The predicted molar refractivity (Wildman–Crippen MR) is 84.5 cm³/mol. The number of amides is 1. The maximum absolute atomic E-state index is 12.1. The van der Waals surface area contributed by atoms with Gasteiger partial charge in [-0.25, -0.2) is 4.79 Å². The fourth-order valence-electron chi connectivity index (χ4n) is 2.46. The Balaban J connectivity index is 1.74. The molecule has 1 fully saturated rings. The van der Waals surface area contributed by atoms with Crippen LogP contribution in [-0.4, -0.2) is 44.5 Å². The largest absolute Gasteiger partial charge is 0.393 e. The molecular formula is C16H17N3O5. The van der Waals surface area contributed by atoms with Crippen molar-refractivity contribution in [2.24, 2.45) is 0 Å². The highest BCUT2D eigenvalue weighted by Gasteiger charge is 2.39. The summed E-state index contributed by atoms with van der Waals surface area (Å²) in [6, 6.07) is 10.0. The Morgan fingerprint density at radius 2 is 2.12 bits per heavy atom. The van der Waals surface area contributed by atoms with Crippen LogP contribution in [0.15, 0.2) is 47.4 Å². The van der Waals surface area contributed by atoms with Crippen molar-refractivity contribution in [3.63, 3.8) is 0 Å². The summed E-state index contributed by atoms with van der Waals surface area (Å²) in [6.07, 6.45) is 0.811. The minimum Gasteiger partial charge on any atom is -0.393 e. The molecule has 0 spiro atoms. The molecule has 1 saturated heterocycles. The Bertz CT molecular complexity index is 792. The van der Waals surface area contributed by atoms with Crippen LogP contribution in [0, 0.1) is 0 Å². The summed E-state index contributed by atoms with van der Waals surface area (Å²) < 4.78 is 6.56. The van der Waals surface area contributed by atoms with Gasteiger partial charge in [0, 0.05) is 18.2 Å². The quantitative estimate of drug-likeness (QED) is 0.734. The Morgan fingerprint density at radius 3 is 2.75 bits per heavy atom. The number of nitrogens with zero attached hydrogens (tertiary/aromatic N) is 2. The molecule has 0 radical (unpaired) electrons. The summed E-state index contributed by atoms with van der Waals surface area (Å²) in [7, 11) is 0. The van der Waals surface area contributed by atoms with Gasteiger partial charge in [-0.1, -0.05) is 18.2 Å². The molecule has 1 aliphatic heterocycles. The van der Waals surface area contributed by atoms with Crippen molar-refractivity contribution in [2.45, 2.75) is 18.2 Å². The third-order valence-electron chi connectivity index (χ3n) is 3.81. The first-order chi connectivity index (χ1) is 11.5. The number of aliphatic hydroxyl groups excluding tert-OH is 1. The lowest BCUT2D eigenvalue weighted by Crippen LogP contribution is -2.34. The topological polar surface area (TPSA) is 114 Å². The van der Waals surface area contributed by atoms with Gasteiger partial charge in [-0.15, -0.1) is 0 Å². The molecule has 126 valence electrons. The number of carbonyl (C=O) groups is 1. The van der Waals surface area contributed by atoms with Crippen molar-refractivity contribution in [1.29, 1.82) is 0 Å². The van der Waals surface area contributed by atoms with Crippen LogP contribution in [0.1, 0.15) is 23.0 Å². The molecule has 1 amide bonds. The summed E-state index contributed by atoms with van der Waals surface area (Å²) in [5.74, 6) is -0.243. The number of aliphatic hydroxyl groups is 2. The molecule has 1 aliphatic rings. The molecule has 1 aromatic carbocycles. The lowest BCUT2D eigenvalue weighted by Gasteiger charge is -2.17. The van der Waals surface area contributed by atoms with E-state index in [0.717, 1.165) is 0 Å². The molecule has 2 heterocycles. The number of hydrogen-bond acceptors (Lipinski definition) is 6. The van der Waals surface area contributed by atoms with Gasteiger partial charge in [0.15, 0.2) is 0 Å². The van der Waals surface area contributed by atoms with Gasteiger partial charge in [0.1, 0.15) is 17.6 Å². The Hall–Kier alpha value is -2.55. The highest BCUT2D eigenvalue weighted by molar-refractivity contribution is 6.03. The number of carbonyl (C=O) groups excluding carboxylic acids is 1. The monoisotopic (exact) mass is 331 g/mol. The molecule has 0 saturated carbocycles. The van der Waals surface area contributed by atoms with Crippen LogP contribution in [0.3, 0.4) is 0 Å². The molecular weight excluding hydrogens is 314 g/mol. The second-order valence-corrected chi connectivity index (χ2v) is 5.68. The zero-order valence-corrected chi connectivity index (χ0v) is 12.8. The number of benzene rings is 1. The molecule has 2 aromatic rings. The zero-order chi connectivity index (χ0) is 17.2. The standard InChI is InChI=1S/C16H17N3O5/c20-9-16(23)8-13(24-10-16)19-7-6-12(18-15(19)22)17-14(21)11-4-2-1-3-5-11/h1-7,13,20,23H,8-10H2,(H,17,18,21,22)/t13-,16+/m1/s1. The van der Waals surface area contributed by atoms with Crippen molar-refractivity contribution in [3.8, 4) is 0 Å². The van der Waals surface area contributed by atoms with Gasteiger partial charge in [-0.3, -0.25) is 9.36 Å². The minimum absolute atomic E-state index is 0.0624. The zero-order valence-electron chi connectivity index (χ0n) is 12.8. The summed E-state index contributed by atoms with van der Waals surface area (Å²) in [4.78, 5) is 28.0. The molecule has 3 N–H and O–H groups in total. The van der Waals surface area contributed by atoms with Crippen molar-refractivity contribution in [3.05, 3.63) is 58.6 Å². The third kappa shape index (κ3) is 3.35. The van der Waals surface area contributed by atoms with Crippen LogP contribution >= 0.6 is 0 Å². The van der Waals surface area contributed by atoms with Gasteiger partial charge in [0.25, 0.3) is 5.91 Å². The smallest absolute Gasteiger partial charge is 0.351 e. The van der Waals surface area contributed by atoms with E-state index in [1.807, 2.05) is 0 Å². The fourth-order valence-corrected chi connectivity index (χ4v) is 2.46. The molecule has 0 unspecified atom stereocenters. The van der Waals surface area contributed by atoms with Crippen molar-refractivity contribution >= 4 is 11.7 Å². The minimum atomic E-state index is -1.36. The summed E-state index contributed by atoms with van der Waals surface area (Å²) >= 11 is 0. The molecule has 8 heteroatoms. The van der Waals surface area contributed by atoms with Gasteiger partial charge in [-0.2, -0.15) is 4.98 Å². The van der Waals surface area contributed by atoms with E-state index in [-0.39, 0.29) is 24.8 Å². The highest BCUT2D eigenvalue weighted by Crippen LogP contribution is 2.29. The number of rotatable bonds is 4. The lowest BCUT2D eigenvalue weighted by molar-refractivity contribution is -0.0239.